The van der Waals surface area contributed by atoms with Crippen LogP contribution >= 0.6 is 22.2 Å². The second-order valence-corrected chi connectivity index (χ2v) is 14.2. The van der Waals surface area contributed by atoms with Gasteiger partial charge in [-0.3, -0.25) is 0 Å². The molecule has 0 saturated carbocycles. The summed E-state index contributed by atoms with van der Waals surface area (Å²) in [5.41, 5.74) is 0. The van der Waals surface area contributed by atoms with Gasteiger partial charge in [0.2, 0.25) is 6.69 Å². The van der Waals surface area contributed by atoms with Gasteiger partial charge in [0.15, 0.2) is 0 Å². The Morgan fingerprint density at radius 2 is 0.862 bits per heavy atom. The fourth-order valence-electron chi connectivity index (χ4n) is 1.78. The Hall–Kier alpha value is -0.253. The molecule has 0 aliphatic heterocycles. The van der Waals surface area contributed by atoms with Crippen molar-refractivity contribution in [2.45, 2.75) is 67.1 Å². The lowest BCUT2D eigenvalue weighted by Gasteiger charge is -2.41. The van der Waals surface area contributed by atoms with E-state index >= 15 is 0 Å². The number of halogens is 17. The monoisotopic (exact) mass is 524 g/mol. The normalized spacial score (nSPS) is 16.3. The van der Waals surface area contributed by atoms with Gasteiger partial charge in [-0.05, 0) is 19.0 Å². The molecule has 176 valence electrons. The van der Waals surface area contributed by atoms with Crippen LogP contribution in [0, 0.1) is 0 Å². The molecular formula is C11H9Cl2F15Si. The SMILES string of the molecule is C[Si](Cl)(Cl)CCCC(F)(F)C(F)(F)C(F)(F)C(F)(F)C(F)(F)C(F)(F)C(F)(F)F. The van der Waals surface area contributed by atoms with Crippen LogP contribution in [0.3, 0.4) is 0 Å². The molecule has 0 atom stereocenters. The van der Waals surface area contributed by atoms with Crippen LogP contribution in [0.2, 0.25) is 12.6 Å². The van der Waals surface area contributed by atoms with Gasteiger partial charge in [-0.15, -0.1) is 22.2 Å². The molecule has 0 aromatic heterocycles. The van der Waals surface area contributed by atoms with Crippen LogP contribution in [0.15, 0.2) is 0 Å². The molecule has 0 heterocycles. The van der Waals surface area contributed by atoms with E-state index in [-0.39, 0.29) is 0 Å². The molecule has 0 fully saturated rings. The first kappa shape index (κ1) is 28.7. The minimum atomic E-state index is -8.26. The average Bonchev–Trinajstić information content (AvgIpc) is 2.43. The van der Waals surface area contributed by atoms with Crippen molar-refractivity contribution in [3.63, 3.8) is 0 Å². The molecule has 0 unspecified atom stereocenters. The molecule has 0 aliphatic rings. The molecule has 0 aromatic rings. The molecular weight excluding hydrogens is 516 g/mol. The summed E-state index contributed by atoms with van der Waals surface area (Å²) in [6, 6.07) is -0.688. The summed E-state index contributed by atoms with van der Waals surface area (Å²) in [5.74, 6) is -46.2. The van der Waals surface area contributed by atoms with Crippen molar-refractivity contribution < 1.29 is 65.9 Å². The Morgan fingerprint density at radius 1 is 0.552 bits per heavy atom. The number of alkyl halides is 15. The first-order valence-corrected chi connectivity index (χ1v) is 11.7. The molecule has 0 radical (unpaired) electrons. The Kier molecular flexibility index (Phi) is 7.64. The van der Waals surface area contributed by atoms with Crippen LogP contribution in [0.5, 0.6) is 0 Å². The van der Waals surface area contributed by atoms with Crippen LogP contribution in [0.4, 0.5) is 65.9 Å². The van der Waals surface area contributed by atoms with Gasteiger partial charge in [0, 0.05) is 6.42 Å². The minimum Gasteiger partial charge on any atom is -0.200 e. The fraction of sp³-hybridized carbons (Fsp3) is 1.00. The van der Waals surface area contributed by atoms with E-state index in [0.717, 1.165) is 6.55 Å². The van der Waals surface area contributed by atoms with E-state index in [9.17, 15) is 65.9 Å². The predicted octanol–water partition coefficient (Wildman–Crippen LogP) is 7.69. The third-order valence-corrected chi connectivity index (χ3v) is 5.86. The summed E-state index contributed by atoms with van der Waals surface area (Å²) in [4.78, 5) is 0. The highest BCUT2D eigenvalue weighted by Gasteiger charge is 2.93. The first-order chi connectivity index (χ1) is 12.2. The van der Waals surface area contributed by atoms with Crippen LogP contribution < -0.4 is 0 Å². The Bertz CT molecular complexity index is 578. The van der Waals surface area contributed by atoms with E-state index in [1.807, 2.05) is 0 Å². The Balaban J connectivity index is 6.16. The van der Waals surface area contributed by atoms with Crippen molar-refractivity contribution in [2.24, 2.45) is 0 Å². The number of hydrogen-bond donors (Lipinski definition) is 0. The van der Waals surface area contributed by atoms with Crippen molar-refractivity contribution in [1.29, 1.82) is 0 Å². The number of rotatable bonds is 9. The molecule has 0 spiro atoms. The smallest absolute Gasteiger partial charge is 0.200 e. The zero-order chi connectivity index (χ0) is 24.1. The van der Waals surface area contributed by atoms with Crippen molar-refractivity contribution in [3.05, 3.63) is 0 Å². The molecule has 0 aliphatic carbocycles. The summed E-state index contributed by atoms with van der Waals surface area (Å²) < 4.78 is 194. The lowest BCUT2D eigenvalue weighted by molar-refractivity contribution is -0.452. The zero-order valence-corrected chi connectivity index (χ0v) is 16.1. The van der Waals surface area contributed by atoms with E-state index in [4.69, 9.17) is 22.2 Å². The summed E-state index contributed by atoms with van der Waals surface area (Å²) in [5, 5.41) is 0. The van der Waals surface area contributed by atoms with Gasteiger partial charge in [0.25, 0.3) is 0 Å². The van der Waals surface area contributed by atoms with E-state index in [0.29, 0.717) is 0 Å². The molecule has 0 N–H and O–H groups in total. The van der Waals surface area contributed by atoms with Gasteiger partial charge in [0.1, 0.15) is 0 Å². The maximum absolute atomic E-state index is 13.4. The third-order valence-electron chi connectivity index (χ3n) is 3.50. The van der Waals surface area contributed by atoms with Crippen molar-refractivity contribution in [1.82, 2.24) is 0 Å². The maximum Gasteiger partial charge on any atom is 0.460 e. The van der Waals surface area contributed by atoms with Crippen LogP contribution in [0.25, 0.3) is 0 Å². The van der Waals surface area contributed by atoms with Crippen molar-refractivity contribution in [3.8, 4) is 0 Å². The molecule has 0 amide bonds. The average molecular weight is 525 g/mol. The third kappa shape index (κ3) is 4.82. The summed E-state index contributed by atoms with van der Waals surface area (Å²) in [6.45, 7) is -2.24. The molecule has 0 aromatic carbocycles. The molecule has 18 heteroatoms. The number of hydrogen-bond acceptors (Lipinski definition) is 0. The van der Waals surface area contributed by atoms with Crippen LogP contribution in [0.1, 0.15) is 12.8 Å². The van der Waals surface area contributed by atoms with Crippen molar-refractivity contribution in [2.75, 3.05) is 0 Å². The predicted molar refractivity (Wildman–Crippen MR) is 73.1 cm³/mol. The molecule has 0 nitrogen and oxygen atoms in total. The quantitative estimate of drug-likeness (QED) is 0.165. The van der Waals surface area contributed by atoms with Gasteiger partial charge in [0.05, 0.1) is 0 Å². The molecule has 29 heavy (non-hydrogen) atoms. The van der Waals surface area contributed by atoms with Crippen molar-refractivity contribution >= 4 is 28.9 Å². The summed E-state index contributed by atoms with van der Waals surface area (Å²) >= 11 is 10.8. The zero-order valence-electron chi connectivity index (χ0n) is 13.5. The largest absolute Gasteiger partial charge is 0.460 e. The summed E-state index contributed by atoms with van der Waals surface area (Å²) in [6.07, 6.45) is -11.2. The van der Waals surface area contributed by atoms with E-state index < -0.39 is 67.3 Å². The fourth-order valence-corrected chi connectivity index (χ4v) is 3.38. The van der Waals surface area contributed by atoms with E-state index in [2.05, 4.69) is 0 Å². The van der Waals surface area contributed by atoms with Gasteiger partial charge in [-0.2, -0.15) is 65.9 Å². The lowest BCUT2D eigenvalue weighted by Crippen LogP contribution is -2.72. The molecule has 0 rings (SSSR count). The van der Waals surface area contributed by atoms with Gasteiger partial charge in [-0.25, -0.2) is 0 Å². The van der Waals surface area contributed by atoms with Gasteiger partial charge < -0.3 is 0 Å². The second-order valence-electron chi connectivity index (χ2n) is 6.00. The highest BCUT2D eigenvalue weighted by molar-refractivity contribution is 7.44. The van der Waals surface area contributed by atoms with E-state index in [1.165, 1.54) is 0 Å². The maximum atomic E-state index is 13.4. The second kappa shape index (κ2) is 7.71. The standard InChI is InChI=1S/C11H9Cl2F15Si/c1-29(12,13)4-2-3-5(14,15)6(16,17)7(18,19)8(20,21)9(22,23)10(24,25)11(26,27)28/h2-4H2,1H3. The van der Waals surface area contributed by atoms with Gasteiger partial charge in [-0.1, -0.05) is 0 Å². The Labute approximate surface area is 162 Å². The highest BCUT2D eigenvalue weighted by Crippen LogP contribution is 2.62. The Morgan fingerprint density at radius 3 is 1.17 bits per heavy atom. The van der Waals surface area contributed by atoms with Gasteiger partial charge >= 0.3 is 41.7 Å². The van der Waals surface area contributed by atoms with Crippen LogP contribution in [-0.4, -0.2) is 48.4 Å². The topological polar surface area (TPSA) is 0 Å². The summed E-state index contributed by atoms with van der Waals surface area (Å²) in [7, 11) is 0. The molecule has 0 saturated heterocycles. The highest BCUT2D eigenvalue weighted by atomic mass is 35.7. The van der Waals surface area contributed by atoms with E-state index in [1.54, 1.807) is 0 Å². The molecule has 0 bridgehead atoms. The van der Waals surface area contributed by atoms with Crippen LogP contribution in [-0.2, 0) is 0 Å². The minimum absolute atomic E-state index is 0.688. The first-order valence-electron chi connectivity index (χ1n) is 6.92. The lowest BCUT2D eigenvalue weighted by atomic mass is 9.90.